The molecule has 130 valence electrons. The van der Waals surface area contributed by atoms with Crippen LogP contribution in [0.1, 0.15) is 6.42 Å². The molecule has 0 aliphatic heterocycles. The third-order valence-corrected chi connectivity index (χ3v) is 4.28. The Bertz CT molecular complexity index is 900. The Kier molecular flexibility index (Phi) is 5.14. The Morgan fingerprint density at radius 3 is 2.12 bits per heavy atom. The molecule has 3 aromatic rings. The lowest BCUT2D eigenvalue weighted by atomic mass is 10.1. The molecule has 0 unspecified atom stereocenters. The van der Waals surface area contributed by atoms with Gasteiger partial charge in [-0.15, -0.1) is 0 Å². The molecule has 25 heavy (non-hydrogen) atoms. The molecule has 0 fully saturated rings. The molecule has 1 aromatic heterocycles. The number of pyridine rings is 1. The maximum atomic E-state index is 12.7. The van der Waals surface area contributed by atoms with Crippen molar-refractivity contribution in [2.45, 2.75) is 13.0 Å². The van der Waals surface area contributed by atoms with Crippen LogP contribution in [0.15, 0.2) is 53.3 Å². The van der Waals surface area contributed by atoms with Gasteiger partial charge < -0.3 is 14.8 Å². The molecule has 0 saturated heterocycles. The molecule has 0 atom stereocenters. The van der Waals surface area contributed by atoms with E-state index in [9.17, 15) is 9.59 Å². The molecule has 1 amide bonds. The molecular formula is C20H23N3O2. The quantitative estimate of drug-likeness (QED) is 0.554. The smallest absolute Gasteiger partial charge is 0.239 e. The molecule has 0 aliphatic rings. The minimum atomic E-state index is -0.0438. The lowest BCUT2D eigenvalue weighted by Gasteiger charge is -2.15. The Hall–Kier alpha value is -2.66. The molecule has 5 heteroatoms. The van der Waals surface area contributed by atoms with Crippen molar-refractivity contribution in [3.05, 3.63) is 58.8 Å². The van der Waals surface area contributed by atoms with E-state index in [0.717, 1.165) is 24.0 Å². The number of hydrogen-bond acceptors (Lipinski definition) is 3. The second-order valence-corrected chi connectivity index (χ2v) is 6.46. The first-order valence-electron chi connectivity index (χ1n) is 8.49. The summed E-state index contributed by atoms with van der Waals surface area (Å²) >= 11 is 0. The zero-order valence-corrected chi connectivity index (χ0v) is 14.7. The summed E-state index contributed by atoms with van der Waals surface area (Å²) in [7, 11) is 4.03. The van der Waals surface area contributed by atoms with Gasteiger partial charge in [-0.3, -0.25) is 9.59 Å². The summed E-state index contributed by atoms with van der Waals surface area (Å²) in [5, 5.41) is 4.25. The number of carbonyl (C=O) groups is 1. The molecule has 0 saturated carbocycles. The highest BCUT2D eigenvalue weighted by molar-refractivity contribution is 5.94. The van der Waals surface area contributed by atoms with Gasteiger partial charge in [-0.2, -0.15) is 0 Å². The zero-order valence-electron chi connectivity index (χ0n) is 14.7. The second-order valence-electron chi connectivity index (χ2n) is 6.46. The summed E-state index contributed by atoms with van der Waals surface area (Å²) in [5.74, 6) is -0.0438. The summed E-state index contributed by atoms with van der Waals surface area (Å²) in [5.41, 5.74) is 1.58. The first-order valence-corrected chi connectivity index (χ1v) is 8.49. The molecule has 0 radical (unpaired) electrons. The van der Waals surface area contributed by atoms with Crippen LogP contribution in [0.5, 0.6) is 0 Å². The van der Waals surface area contributed by atoms with Crippen molar-refractivity contribution in [1.29, 1.82) is 0 Å². The zero-order chi connectivity index (χ0) is 17.8. The van der Waals surface area contributed by atoms with Crippen molar-refractivity contribution < 1.29 is 4.79 Å². The summed E-state index contributed by atoms with van der Waals surface area (Å²) < 4.78 is 1.92. The highest BCUT2D eigenvalue weighted by Gasteiger charge is 2.12. The maximum Gasteiger partial charge on any atom is 0.239 e. The number of fused-ring (bicyclic) bond motifs is 2. The van der Waals surface area contributed by atoms with Crippen LogP contribution >= 0.6 is 0 Å². The van der Waals surface area contributed by atoms with Crippen molar-refractivity contribution in [2.75, 3.05) is 27.2 Å². The minimum absolute atomic E-state index is 0.00819. The fourth-order valence-electron chi connectivity index (χ4n) is 3.07. The van der Waals surface area contributed by atoms with Gasteiger partial charge in [0.2, 0.25) is 5.91 Å². The first kappa shape index (κ1) is 17.2. The van der Waals surface area contributed by atoms with Crippen molar-refractivity contribution in [2.24, 2.45) is 0 Å². The molecule has 2 aromatic carbocycles. The van der Waals surface area contributed by atoms with E-state index in [2.05, 4.69) is 10.2 Å². The van der Waals surface area contributed by atoms with Crippen molar-refractivity contribution in [3.63, 3.8) is 0 Å². The van der Waals surface area contributed by atoms with E-state index >= 15 is 0 Å². The van der Waals surface area contributed by atoms with Crippen LogP contribution in [0.2, 0.25) is 0 Å². The molecular weight excluding hydrogens is 314 g/mol. The lowest BCUT2D eigenvalue weighted by Crippen LogP contribution is -2.30. The Balaban J connectivity index is 1.93. The van der Waals surface area contributed by atoms with Gasteiger partial charge in [-0.05, 0) is 51.3 Å². The third kappa shape index (κ3) is 3.72. The predicted octanol–water partition coefficient (Wildman–Crippen LogP) is 2.22. The van der Waals surface area contributed by atoms with E-state index < -0.39 is 0 Å². The summed E-state index contributed by atoms with van der Waals surface area (Å²) in [4.78, 5) is 27.2. The minimum Gasteiger partial charge on any atom is -0.355 e. The molecule has 3 rings (SSSR count). The van der Waals surface area contributed by atoms with Gasteiger partial charge in [0.05, 0.1) is 11.0 Å². The number of carbonyl (C=O) groups excluding carboxylic acids is 1. The monoisotopic (exact) mass is 337 g/mol. The van der Waals surface area contributed by atoms with Crippen LogP contribution in [-0.2, 0) is 11.3 Å². The number of para-hydroxylation sites is 2. The topological polar surface area (TPSA) is 54.3 Å². The van der Waals surface area contributed by atoms with E-state index in [1.807, 2.05) is 67.2 Å². The standard InChI is InChI=1S/C20H23N3O2/c1-22(2)13-7-12-21-19(24)14-23-17-10-5-3-8-15(17)20(25)16-9-4-6-11-18(16)23/h3-6,8-11H,7,12-14H2,1-2H3,(H,21,24). The Labute approximate surface area is 146 Å². The van der Waals surface area contributed by atoms with Crippen LogP contribution in [0.4, 0.5) is 0 Å². The molecule has 5 nitrogen and oxygen atoms in total. The highest BCUT2D eigenvalue weighted by atomic mass is 16.2. The molecule has 1 heterocycles. The van der Waals surface area contributed by atoms with Crippen LogP contribution in [0.3, 0.4) is 0 Å². The number of benzene rings is 2. The first-order chi connectivity index (χ1) is 12.1. The number of rotatable bonds is 6. The third-order valence-electron chi connectivity index (χ3n) is 4.28. The van der Waals surface area contributed by atoms with Gasteiger partial charge in [0, 0.05) is 17.3 Å². The summed E-state index contributed by atoms with van der Waals surface area (Å²) in [6.45, 7) is 1.78. The molecule has 0 bridgehead atoms. The van der Waals surface area contributed by atoms with Gasteiger partial charge in [0.1, 0.15) is 6.54 Å². The second kappa shape index (κ2) is 7.49. The maximum absolute atomic E-state index is 12.7. The number of aromatic nitrogens is 1. The Morgan fingerprint density at radius 1 is 1.00 bits per heavy atom. The van der Waals surface area contributed by atoms with Gasteiger partial charge in [0.25, 0.3) is 0 Å². The van der Waals surface area contributed by atoms with Crippen LogP contribution in [-0.4, -0.2) is 42.6 Å². The van der Waals surface area contributed by atoms with Crippen molar-refractivity contribution >= 4 is 27.7 Å². The predicted molar refractivity (Wildman–Crippen MR) is 102 cm³/mol. The van der Waals surface area contributed by atoms with Crippen molar-refractivity contribution in [3.8, 4) is 0 Å². The van der Waals surface area contributed by atoms with Gasteiger partial charge in [-0.25, -0.2) is 0 Å². The molecule has 1 N–H and O–H groups in total. The van der Waals surface area contributed by atoms with Gasteiger partial charge >= 0.3 is 0 Å². The van der Waals surface area contributed by atoms with E-state index in [0.29, 0.717) is 17.3 Å². The number of nitrogens with one attached hydrogen (secondary N) is 1. The number of nitrogens with zero attached hydrogens (tertiary/aromatic N) is 2. The van der Waals surface area contributed by atoms with E-state index in [1.165, 1.54) is 0 Å². The van der Waals surface area contributed by atoms with Gasteiger partial charge in [0.15, 0.2) is 5.43 Å². The summed E-state index contributed by atoms with van der Waals surface area (Å²) in [6, 6.07) is 14.9. The van der Waals surface area contributed by atoms with Gasteiger partial charge in [-0.1, -0.05) is 24.3 Å². The average molecular weight is 337 g/mol. The lowest BCUT2D eigenvalue weighted by molar-refractivity contribution is -0.121. The fourth-order valence-corrected chi connectivity index (χ4v) is 3.07. The van der Waals surface area contributed by atoms with Crippen LogP contribution in [0, 0.1) is 0 Å². The highest BCUT2D eigenvalue weighted by Crippen LogP contribution is 2.18. The normalized spacial score (nSPS) is 11.3. The summed E-state index contributed by atoms with van der Waals surface area (Å²) in [6.07, 6.45) is 0.907. The molecule has 0 spiro atoms. The van der Waals surface area contributed by atoms with Crippen LogP contribution in [0.25, 0.3) is 21.8 Å². The number of hydrogen-bond donors (Lipinski definition) is 1. The van der Waals surface area contributed by atoms with Crippen molar-refractivity contribution in [1.82, 2.24) is 14.8 Å². The molecule has 0 aliphatic carbocycles. The van der Waals surface area contributed by atoms with E-state index in [1.54, 1.807) is 0 Å². The van der Waals surface area contributed by atoms with E-state index in [-0.39, 0.29) is 17.9 Å². The Morgan fingerprint density at radius 2 is 1.56 bits per heavy atom. The SMILES string of the molecule is CN(C)CCCNC(=O)Cn1c2ccccc2c(=O)c2ccccc21. The largest absolute Gasteiger partial charge is 0.355 e. The fraction of sp³-hybridized carbons (Fsp3) is 0.300. The van der Waals surface area contributed by atoms with E-state index in [4.69, 9.17) is 0 Å². The van der Waals surface area contributed by atoms with Crippen LogP contribution < -0.4 is 10.7 Å². The average Bonchev–Trinajstić information content (AvgIpc) is 2.62. The number of amides is 1.